The zero-order valence-corrected chi connectivity index (χ0v) is 13.4. The van der Waals surface area contributed by atoms with Crippen LogP contribution in [0.15, 0.2) is 30.3 Å². The number of fused-ring (bicyclic) bond motifs is 1. The van der Waals surface area contributed by atoms with Crippen molar-refractivity contribution in [2.75, 3.05) is 31.1 Å². The minimum atomic E-state index is 0.227. The monoisotopic (exact) mass is 310 g/mol. The van der Waals surface area contributed by atoms with Gasteiger partial charge in [0.25, 0.3) is 0 Å². The lowest BCUT2D eigenvalue weighted by molar-refractivity contribution is 0.230. The van der Waals surface area contributed by atoms with E-state index in [4.69, 9.17) is 4.98 Å². The maximum atomic E-state index is 10.1. The highest BCUT2D eigenvalue weighted by Gasteiger charge is 2.31. The summed E-state index contributed by atoms with van der Waals surface area (Å²) < 4.78 is 0. The smallest absolute Gasteiger partial charge is 0.165 e. The first kappa shape index (κ1) is 14.5. The lowest BCUT2D eigenvalue weighted by atomic mass is 10.1. The molecule has 3 heterocycles. The molecule has 120 valence electrons. The van der Waals surface area contributed by atoms with Gasteiger partial charge >= 0.3 is 0 Å². The van der Waals surface area contributed by atoms with Crippen LogP contribution in [0.5, 0.6) is 5.75 Å². The zero-order chi connectivity index (χ0) is 15.8. The number of hydrogen-bond donors (Lipinski definition) is 1. The highest BCUT2D eigenvalue weighted by Crippen LogP contribution is 2.29. The molecule has 2 aromatic rings. The molecule has 2 saturated heterocycles. The Morgan fingerprint density at radius 3 is 2.87 bits per heavy atom. The SMILES string of the molecule is Cc1cc(N2CCN3CCCC3C2)nc(-c2ccccc2O)n1. The summed E-state index contributed by atoms with van der Waals surface area (Å²) >= 11 is 0. The molecule has 1 aromatic heterocycles. The number of anilines is 1. The van der Waals surface area contributed by atoms with Crippen LogP contribution in [0.25, 0.3) is 11.4 Å². The van der Waals surface area contributed by atoms with Crippen molar-refractivity contribution < 1.29 is 5.11 Å². The van der Waals surface area contributed by atoms with Crippen LogP contribution in [0.2, 0.25) is 0 Å². The van der Waals surface area contributed by atoms with Gasteiger partial charge in [-0.2, -0.15) is 0 Å². The van der Waals surface area contributed by atoms with Gasteiger partial charge in [-0.25, -0.2) is 9.97 Å². The first-order valence-electron chi connectivity index (χ1n) is 8.34. The number of phenolic OH excluding ortho intramolecular Hbond substituents is 1. The molecule has 0 spiro atoms. The lowest BCUT2D eigenvalue weighted by Gasteiger charge is -2.38. The maximum Gasteiger partial charge on any atom is 0.165 e. The number of rotatable bonds is 2. The molecule has 0 bridgehead atoms. The predicted molar refractivity (Wildman–Crippen MR) is 90.7 cm³/mol. The van der Waals surface area contributed by atoms with Gasteiger partial charge in [0.05, 0.1) is 5.56 Å². The molecular formula is C18H22N4O. The van der Waals surface area contributed by atoms with Crippen molar-refractivity contribution in [2.45, 2.75) is 25.8 Å². The number of nitrogens with zero attached hydrogens (tertiary/aromatic N) is 4. The van der Waals surface area contributed by atoms with Crippen molar-refractivity contribution in [3.8, 4) is 17.1 Å². The topological polar surface area (TPSA) is 52.5 Å². The number of benzene rings is 1. The fraction of sp³-hybridized carbons (Fsp3) is 0.444. The van der Waals surface area contributed by atoms with Gasteiger partial charge in [-0.3, -0.25) is 4.90 Å². The predicted octanol–water partition coefficient (Wildman–Crippen LogP) is 2.44. The summed E-state index contributed by atoms with van der Waals surface area (Å²) in [5.41, 5.74) is 1.62. The summed E-state index contributed by atoms with van der Waals surface area (Å²) in [4.78, 5) is 14.2. The quantitative estimate of drug-likeness (QED) is 0.923. The third kappa shape index (κ3) is 2.77. The van der Waals surface area contributed by atoms with Gasteiger partial charge in [-0.15, -0.1) is 0 Å². The first-order chi connectivity index (χ1) is 11.2. The van der Waals surface area contributed by atoms with Crippen LogP contribution in [0, 0.1) is 6.92 Å². The number of para-hydroxylation sites is 1. The Morgan fingerprint density at radius 1 is 1.13 bits per heavy atom. The molecule has 5 heteroatoms. The van der Waals surface area contributed by atoms with Gasteiger partial charge in [0.2, 0.25) is 0 Å². The van der Waals surface area contributed by atoms with Gasteiger partial charge < -0.3 is 10.0 Å². The van der Waals surface area contributed by atoms with E-state index in [1.807, 2.05) is 31.2 Å². The number of aromatic hydroxyl groups is 1. The molecule has 0 radical (unpaired) electrons. The number of aromatic nitrogens is 2. The third-order valence-corrected chi connectivity index (χ3v) is 4.90. The fourth-order valence-electron chi connectivity index (χ4n) is 3.70. The molecule has 1 aromatic carbocycles. The van der Waals surface area contributed by atoms with Crippen molar-refractivity contribution in [1.29, 1.82) is 0 Å². The second-order valence-corrected chi connectivity index (χ2v) is 6.49. The number of aryl methyl sites for hydroxylation is 1. The van der Waals surface area contributed by atoms with Gasteiger partial charge in [0.15, 0.2) is 5.82 Å². The fourth-order valence-corrected chi connectivity index (χ4v) is 3.70. The average Bonchev–Trinajstić information content (AvgIpc) is 3.02. The Morgan fingerprint density at radius 2 is 2.00 bits per heavy atom. The summed E-state index contributed by atoms with van der Waals surface area (Å²) in [5, 5.41) is 10.1. The summed E-state index contributed by atoms with van der Waals surface area (Å²) in [6.45, 7) is 6.38. The molecule has 0 aliphatic carbocycles. The second-order valence-electron chi connectivity index (χ2n) is 6.49. The van der Waals surface area contributed by atoms with Crippen LogP contribution in [-0.4, -0.2) is 52.2 Å². The molecule has 23 heavy (non-hydrogen) atoms. The van der Waals surface area contributed by atoms with Crippen LogP contribution in [0.4, 0.5) is 5.82 Å². The molecule has 0 saturated carbocycles. The molecule has 1 N–H and O–H groups in total. The van der Waals surface area contributed by atoms with Crippen LogP contribution >= 0.6 is 0 Å². The van der Waals surface area contributed by atoms with Gasteiger partial charge in [0, 0.05) is 37.4 Å². The highest BCUT2D eigenvalue weighted by molar-refractivity contribution is 5.65. The molecule has 2 aliphatic heterocycles. The molecule has 2 aliphatic rings. The molecule has 0 amide bonds. The molecule has 1 atom stereocenters. The van der Waals surface area contributed by atoms with Crippen molar-refractivity contribution in [2.24, 2.45) is 0 Å². The van der Waals surface area contributed by atoms with Gasteiger partial charge in [-0.1, -0.05) is 12.1 Å². The average molecular weight is 310 g/mol. The molecule has 1 unspecified atom stereocenters. The van der Waals surface area contributed by atoms with E-state index in [1.54, 1.807) is 6.07 Å². The molecule has 2 fully saturated rings. The normalized spacial score (nSPS) is 21.4. The van der Waals surface area contributed by atoms with E-state index in [2.05, 4.69) is 14.8 Å². The number of phenols is 1. The minimum absolute atomic E-state index is 0.227. The summed E-state index contributed by atoms with van der Waals surface area (Å²) in [5.74, 6) is 1.80. The number of hydrogen-bond acceptors (Lipinski definition) is 5. The Bertz CT molecular complexity index is 718. The van der Waals surface area contributed by atoms with E-state index in [9.17, 15) is 5.11 Å². The standard InChI is InChI=1S/C18H22N4O/c1-13-11-17(22-10-9-21-8-4-5-14(21)12-22)20-18(19-13)15-6-2-3-7-16(15)23/h2-3,6-7,11,14,23H,4-5,8-10,12H2,1H3. The van der Waals surface area contributed by atoms with E-state index < -0.39 is 0 Å². The number of piperazine rings is 1. The maximum absolute atomic E-state index is 10.1. The first-order valence-corrected chi connectivity index (χ1v) is 8.34. The Labute approximate surface area is 136 Å². The van der Waals surface area contributed by atoms with E-state index in [0.29, 0.717) is 17.4 Å². The summed E-state index contributed by atoms with van der Waals surface area (Å²) in [7, 11) is 0. The van der Waals surface area contributed by atoms with Gasteiger partial charge in [0.1, 0.15) is 11.6 Å². The third-order valence-electron chi connectivity index (χ3n) is 4.90. The lowest BCUT2D eigenvalue weighted by Crippen LogP contribution is -2.50. The molecular weight excluding hydrogens is 288 g/mol. The van der Waals surface area contributed by atoms with E-state index in [1.165, 1.54) is 19.4 Å². The molecule has 4 rings (SSSR count). The zero-order valence-electron chi connectivity index (χ0n) is 13.4. The second kappa shape index (κ2) is 5.81. The molecule has 5 nitrogen and oxygen atoms in total. The Balaban J connectivity index is 1.66. The van der Waals surface area contributed by atoms with Crippen molar-refractivity contribution >= 4 is 5.82 Å². The van der Waals surface area contributed by atoms with Crippen LogP contribution < -0.4 is 4.90 Å². The van der Waals surface area contributed by atoms with E-state index in [-0.39, 0.29) is 5.75 Å². The van der Waals surface area contributed by atoms with Crippen LogP contribution in [-0.2, 0) is 0 Å². The van der Waals surface area contributed by atoms with E-state index in [0.717, 1.165) is 31.1 Å². The Kier molecular flexibility index (Phi) is 3.65. The van der Waals surface area contributed by atoms with Crippen molar-refractivity contribution in [3.63, 3.8) is 0 Å². The highest BCUT2D eigenvalue weighted by atomic mass is 16.3. The van der Waals surface area contributed by atoms with Crippen LogP contribution in [0.3, 0.4) is 0 Å². The van der Waals surface area contributed by atoms with Crippen molar-refractivity contribution in [3.05, 3.63) is 36.0 Å². The van der Waals surface area contributed by atoms with E-state index >= 15 is 0 Å². The minimum Gasteiger partial charge on any atom is -0.507 e. The van der Waals surface area contributed by atoms with Crippen molar-refractivity contribution in [1.82, 2.24) is 14.9 Å². The summed E-state index contributed by atoms with van der Waals surface area (Å²) in [6.07, 6.45) is 2.59. The van der Waals surface area contributed by atoms with Crippen LogP contribution in [0.1, 0.15) is 18.5 Å². The summed E-state index contributed by atoms with van der Waals surface area (Å²) in [6, 6.07) is 9.97. The van der Waals surface area contributed by atoms with Gasteiger partial charge in [-0.05, 0) is 38.4 Å². The Hall–Kier alpha value is -2.14. The largest absolute Gasteiger partial charge is 0.507 e.